The maximum Gasteiger partial charge on any atom is 0.224 e. The van der Waals surface area contributed by atoms with Crippen LogP contribution in [0.15, 0.2) is 24.4 Å². The number of halogens is 3. The van der Waals surface area contributed by atoms with E-state index < -0.39 is 11.6 Å². The minimum absolute atomic E-state index is 0.00265. The molecule has 0 saturated heterocycles. The van der Waals surface area contributed by atoms with Gasteiger partial charge >= 0.3 is 0 Å². The van der Waals surface area contributed by atoms with Crippen LogP contribution < -0.4 is 5.32 Å². The molecular weight excluding hydrogens is 248 g/mol. The first-order chi connectivity index (χ1) is 8.06. The SMILES string of the molecule is Cc1cnc(Cl)nc1Nc1cc(F)ccc1F. The second kappa shape index (κ2) is 4.63. The summed E-state index contributed by atoms with van der Waals surface area (Å²) in [6.07, 6.45) is 1.49. The molecule has 0 bridgehead atoms. The van der Waals surface area contributed by atoms with Crippen molar-refractivity contribution in [1.29, 1.82) is 0 Å². The molecule has 1 aromatic heterocycles. The maximum atomic E-state index is 13.4. The van der Waals surface area contributed by atoms with E-state index in [0.29, 0.717) is 11.4 Å². The molecule has 1 heterocycles. The van der Waals surface area contributed by atoms with Gasteiger partial charge in [-0.15, -0.1) is 0 Å². The van der Waals surface area contributed by atoms with Gasteiger partial charge in [-0.05, 0) is 30.7 Å². The van der Waals surface area contributed by atoms with E-state index in [1.165, 1.54) is 6.20 Å². The van der Waals surface area contributed by atoms with E-state index in [4.69, 9.17) is 11.6 Å². The normalized spacial score (nSPS) is 10.4. The molecular formula is C11H8ClF2N3. The molecule has 0 aliphatic rings. The van der Waals surface area contributed by atoms with Crippen LogP contribution in [0.2, 0.25) is 5.28 Å². The molecule has 88 valence electrons. The van der Waals surface area contributed by atoms with Crippen LogP contribution in [0.25, 0.3) is 0 Å². The van der Waals surface area contributed by atoms with E-state index in [9.17, 15) is 8.78 Å². The summed E-state index contributed by atoms with van der Waals surface area (Å²) in [7, 11) is 0. The Kier molecular flexibility index (Phi) is 3.19. The van der Waals surface area contributed by atoms with Crippen molar-refractivity contribution in [3.63, 3.8) is 0 Å². The molecule has 1 aromatic carbocycles. The minimum Gasteiger partial charge on any atom is -0.337 e. The molecule has 0 saturated carbocycles. The third kappa shape index (κ3) is 2.68. The van der Waals surface area contributed by atoms with Crippen LogP contribution in [0.1, 0.15) is 5.56 Å². The van der Waals surface area contributed by atoms with Gasteiger partial charge in [0.25, 0.3) is 0 Å². The van der Waals surface area contributed by atoms with Crippen LogP contribution in [0, 0.1) is 18.6 Å². The quantitative estimate of drug-likeness (QED) is 0.835. The molecule has 6 heteroatoms. The first kappa shape index (κ1) is 11.7. The van der Waals surface area contributed by atoms with Crippen molar-refractivity contribution in [1.82, 2.24) is 9.97 Å². The number of hydrogen-bond donors (Lipinski definition) is 1. The first-order valence-corrected chi connectivity index (χ1v) is 5.15. The number of benzene rings is 1. The third-order valence-corrected chi connectivity index (χ3v) is 2.31. The van der Waals surface area contributed by atoms with Gasteiger partial charge in [-0.3, -0.25) is 0 Å². The molecule has 0 fully saturated rings. The van der Waals surface area contributed by atoms with Crippen molar-refractivity contribution in [3.8, 4) is 0 Å². The summed E-state index contributed by atoms with van der Waals surface area (Å²) >= 11 is 5.62. The summed E-state index contributed by atoms with van der Waals surface area (Å²) in [5.41, 5.74) is 0.681. The van der Waals surface area contributed by atoms with E-state index in [1.807, 2.05) is 0 Å². The van der Waals surface area contributed by atoms with Gasteiger partial charge in [-0.1, -0.05) is 0 Å². The number of hydrogen-bond acceptors (Lipinski definition) is 3. The average molecular weight is 256 g/mol. The number of aromatic nitrogens is 2. The third-order valence-electron chi connectivity index (χ3n) is 2.12. The molecule has 0 aliphatic heterocycles. The fourth-order valence-electron chi connectivity index (χ4n) is 1.27. The summed E-state index contributed by atoms with van der Waals surface area (Å²) in [6.45, 7) is 1.73. The molecule has 2 rings (SSSR count). The first-order valence-electron chi connectivity index (χ1n) is 4.77. The summed E-state index contributed by atoms with van der Waals surface area (Å²) in [5, 5.41) is 2.71. The van der Waals surface area contributed by atoms with E-state index in [0.717, 1.165) is 18.2 Å². The Labute approximate surface area is 101 Å². The molecule has 0 amide bonds. The van der Waals surface area contributed by atoms with Crippen molar-refractivity contribution >= 4 is 23.1 Å². The lowest BCUT2D eigenvalue weighted by Gasteiger charge is -2.09. The van der Waals surface area contributed by atoms with E-state index in [-0.39, 0.29) is 11.0 Å². The zero-order valence-corrected chi connectivity index (χ0v) is 9.59. The molecule has 0 radical (unpaired) electrons. The smallest absolute Gasteiger partial charge is 0.224 e. The Morgan fingerprint density at radius 3 is 2.82 bits per heavy atom. The lowest BCUT2D eigenvalue weighted by Crippen LogP contribution is -2.00. The van der Waals surface area contributed by atoms with Crippen LogP contribution in [-0.4, -0.2) is 9.97 Å². The van der Waals surface area contributed by atoms with Gasteiger partial charge < -0.3 is 5.32 Å². The predicted octanol–water partition coefficient (Wildman–Crippen LogP) is 3.46. The Hall–Kier alpha value is -1.75. The zero-order chi connectivity index (χ0) is 12.4. The second-order valence-electron chi connectivity index (χ2n) is 3.42. The maximum absolute atomic E-state index is 13.4. The van der Waals surface area contributed by atoms with Gasteiger partial charge in [0.05, 0.1) is 5.69 Å². The van der Waals surface area contributed by atoms with Crippen LogP contribution in [-0.2, 0) is 0 Å². The molecule has 1 N–H and O–H groups in total. The van der Waals surface area contributed by atoms with Gasteiger partial charge in [0, 0.05) is 17.8 Å². The predicted molar refractivity (Wildman–Crippen MR) is 61.4 cm³/mol. The van der Waals surface area contributed by atoms with E-state index >= 15 is 0 Å². The van der Waals surface area contributed by atoms with Crippen LogP contribution in [0.3, 0.4) is 0 Å². The summed E-state index contributed by atoms with van der Waals surface area (Å²) in [4.78, 5) is 7.66. The molecule has 0 spiro atoms. The van der Waals surface area contributed by atoms with Crippen molar-refractivity contribution in [2.24, 2.45) is 0 Å². The fraction of sp³-hybridized carbons (Fsp3) is 0.0909. The number of aryl methyl sites for hydroxylation is 1. The van der Waals surface area contributed by atoms with Crippen LogP contribution in [0.5, 0.6) is 0 Å². The Morgan fingerprint density at radius 1 is 1.29 bits per heavy atom. The molecule has 2 aromatic rings. The fourth-order valence-corrected chi connectivity index (χ4v) is 1.40. The van der Waals surface area contributed by atoms with Gasteiger partial charge in [0.2, 0.25) is 5.28 Å². The van der Waals surface area contributed by atoms with Crippen LogP contribution in [0.4, 0.5) is 20.3 Å². The largest absolute Gasteiger partial charge is 0.337 e. The second-order valence-corrected chi connectivity index (χ2v) is 3.76. The van der Waals surface area contributed by atoms with Gasteiger partial charge in [0.15, 0.2) is 0 Å². The molecule has 0 unspecified atom stereocenters. The molecule has 17 heavy (non-hydrogen) atoms. The highest BCUT2D eigenvalue weighted by Crippen LogP contribution is 2.22. The minimum atomic E-state index is -0.569. The van der Waals surface area contributed by atoms with E-state index in [2.05, 4.69) is 15.3 Å². The van der Waals surface area contributed by atoms with Crippen molar-refractivity contribution in [3.05, 3.63) is 46.9 Å². The zero-order valence-electron chi connectivity index (χ0n) is 8.84. The molecule has 0 aliphatic carbocycles. The van der Waals surface area contributed by atoms with Gasteiger partial charge in [-0.2, -0.15) is 0 Å². The Balaban J connectivity index is 2.37. The lowest BCUT2D eigenvalue weighted by atomic mass is 10.2. The topological polar surface area (TPSA) is 37.8 Å². The number of anilines is 2. The van der Waals surface area contributed by atoms with E-state index in [1.54, 1.807) is 6.92 Å². The Morgan fingerprint density at radius 2 is 2.06 bits per heavy atom. The Bertz CT molecular complexity index is 511. The number of nitrogens with zero attached hydrogens (tertiary/aromatic N) is 2. The summed E-state index contributed by atoms with van der Waals surface area (Å²) < 4.78 is 26.3. The summed E-state index contributed by atoms with van der Waals surface area (Å²) in [5.74, 6) is -0.762. The highest BCUT2D eigenvalue weighted by molar-refractivity contribution is 6.28. The monoisotopic (exact) mass is 255 g/mol. The summed E-state index contributed by atoms with van der Waals surface area (Å²) in [6, 6.07) is 3.13. The lowest BCUT2D eigenvalue weighted by molar-refractivity contribution is 0.603. The van der Waals surface area contributed by atoms with Gasteiger partial charge in [0.1, 0.15) is 17.5 Å². The number of rotatable bonds is 2. The average Bonchev–Trinajstić information content (AvgIpc) is 2.28. The number of nitrogens with one attached hydrogen (secondary N) is 1. The van der Waals surface area contributed by atoms with Crippen molar-refractivity contribution in [2.75, 3.05) is 5.32 Å². The molecule has 0 atom stereocenters. The molecule has 3 nitrogen and oxygen atoms in total. The van der Waals surface area contributed by atoms with Gasteiger partial charge in [-0.25, -0.2) is 18.7 Å². The van der Waals surface area contributed by atoms with Crippen molar-refractivity contribution in [2.45, 2.75) is 6.92 Å². The highest BCUT2D eigenvalue weighted by Gasteiger charge is 2.07. The standard InChI is InChI=1S/C11H8ClF2N3/c1-6-5-15-11(12)17-10(6)16-9-4-7(13)2-3-8(9)14/h2-5H,1H3,(H,15,16,17). The van der Waals surface area contributed by atoms with Crippen LogP contribution >= 0.6 is 11.6 Å². The van der Waals surface area contributed by atoms with Crippen molar-refractivity contribution < 1.29 is 8.78 Å². The highest BCUT2D eigenvalue weighted by atomic mass is 35.5.